The summed E-state index contributed by atoms with van der Waals surface area (Å²) in [4.78, 5) is 2.21. The lowest BCUT2D eigenvalue weighted by Crippen LogP contribution is -2.73. The van der Waals surface area contributed by atoms with Gasteiger partial charge in [-0.15, -0.1) is 0 Å². The third kappa shape index (κ3) is 0.808. The van der Waals surface area contributed by atoms with Crippen molar-refractivity contribution in [2.45, 2.75) is 6.10 Å². The molecule has 0 aliphatic carbocycles. The van der Waals surface area contributed by atoms with Gasteiger partial charge in [0.05, 0.1) is 19.2 Å². The average Bonchev–Trinajstić information content (AvgIpc) is 1.96. The Bertz CT molecular complexity index is 205. The number of aliphatic hydroxyl groups excluding tert-OH is 1. The fourth-order valence-corrected chi connectivity index (χ4v) is 3.19. The van der Waals surface area contributed by atoms with Gasteiger partial charge < -0.3 is 15.0 Å². The maximum atomic E-state index is 11.9. The van der Waals surface area contributed by atoms with Crippen molar-refractivity contribution in [2.75, 3.05) is 32.8 Å². The van der Waals surface area contributed by atoms with Gasteiger partial charge in [-0.05, 0) is 0 Å². The zero-order chi connectivity index (χ0) is 8.34. The van der Waals surface area contributed by atoms with Crippen molar-refractivity contribution >= 4 is 0 Å². The summed E-state index contributed by atoms with van der Waals surface area (Å²) in [5.41, 5.74) is 0. The van der Waals surface area contributed by atoms with Crippen molar-refractivity contribution in [3.63, 3.8) is 0 Å². The largest absolute Gasteiger partial charge is 0.632 e. The summed E-state index contributed by atoms with van der Waals surface area (Å²) >= 11 is 0. The molecular formula is C8H14N2O2. The van der Waals surface area contributed by atoms with Crippen LogP contribution in [-0.2, 0) is 0 Å². The van der Waals surface area contributed by atoms with Crippen LogP contribution in [0, 0.1) is 17.0 Å². The van der Waals surface area contributed by atoms with E-state index in [9.17, 15) is 10.3 Å². The number of rotatable bonds is 0. The third-order valence-corrected chi connectivity index (χ3v) is 3.54. The zero-order valence-corrected chi connectivity index (χ0v) is 7.02. The molecule has 4 bridgehead atoms. The molecule has 0 spiro atoms. The molecule has 2 unspecified atom stereocenters. The van der Waals surface area contributed by atoms with E-state index in [2.05, 4.69) is 4.90 Å². The highest BCUT2D eigenvalue weighted by molar-refractivity contribution is 4.92. The number of hydrogen-bond acceptors (Lipinski definition) is 3. The minimum atomic E-state index is -0.193. The van der Waals surface area contributed by atoms with Crippen LogP contribution in [0.5, 0.6) is 0 Å². The predicted molar refractivity (Wildman–Crippen MR) is 42.8 cm³/mol. The van der Waals surface area contributed by atoms with Gasteiger partial charge in [0, 0.05) is 24.9 Å². The van der Waals surface area contributed by atoms with Gasteiger partial charge >= 0.3 is 0 Å². The quantitative estimate of drug-likeness (QED) is 0.382. The molecule has 1 N–H and O–H groups in total. The van der Waals surface area contributed by atoms with Crippen LogP contribution in [0.15, 0.2) is 0 Å². The van der Waals surface area contributed by atoms with Crippen molar-refractivity contribution in [1.29, 1.82) is 0 Å². The lowest BCUT2D eigenvalue weighted by atomic mass is 9.79. The van der Waals surface area contributed by atoms with Crippen LogP contribution in [0.25, 0.3) is 0 Å². The SMILES string of the molecule is [O-][N+]12CC3CN(CC(C1)C3O)C2. The van der Waals surface area contributed by atoms with Gasteiger partial charge in [0.25, 0.3) is 0 Å². The van der Waals surface area contributed by atoms with Gasteiger partial charge in [-0.2, -0.15) is 0 Å². The molecule has 0 aromatic carbocycles. The van der Waals surface area contributed by atoms with Crippen LogP contribution in [0.2, 0.25) is 0 Å². The number of hydroxylamine groups is 3. The first kappa shape index (κ1) is 7.26. The van der Waals surface area contributed by atoms with E-state index >= 15 is 0 Å². The highest BCUT2D eigenvalue weighted by atomic mass is 16.6. The van der Waals surface area contributed by atoms with Crippen molar-refractivity contribution in [3.8, 4) is 0 Å². The van der Waals surface area contributed by atoms with Gasteiger partial charge in [-0.3, -0.25) is 4.90 Å². The van der Waals surface area contributed by atoms with E-state index in [1.165, 1.54) is 0 Å². The minimum absolute atomic E-state index is 0.0631. The number of nitrogens with zero attached hydrogens (tertiary/aromatic N) is 2. The summed E-state index contributed by atoms with van der Waals surface area (Å²) in [6.07, 6.45) is -0.193. The van der Waals surface area contributed by atoms with E-state index in [-0.39, 0.29) is 22.6 Å². The number of piperidine rings is 2. The van der Waals surface area contributed by atoms with Gasteiger partial charge in [0.15, 0.2) is 0 Å². The molecule has 4 saturated heterocycles. The zero-order valence-electron chi connectivity index (χ0n) is 7.02. The smallest absolute Gasteiger partial charge is 0.134 e. The van der Waals surface area contributed by atoms with Crippen LogP contribution in [0.3, 0.4) is 0 Å². The van der Waals surface area contributed by atoms with E-state index in [0.717, 1.165) is 13.1 Å². The molecule has 4 heterocycles. The van der Waals surface area contributed by atoms with Crippen molar-refractivity contribution in [3.05, 3.63) is 5.21 Å². The Morgan fingerprint density at radius 2 is 1.83 bits per heavy atom. The standard InChI is InChI=1S/C8H14N2O2/c11-8-6-1-9-2-7(8)4-10(12,3-6)5-9/h6-8,11H,1-5H2. The van der Waals surface area contributed by atoms with E-state index in [0.29, 0.717) is 19.8 Å². The molecule has 0 amide bonds. The summed E-state index contributed by atoms with van der Waals surface area (Å²) in [7, 11) is 0. The van der Waals surface area contributed by atoms with E-state index < -0.39 is 0 Å². The highest BCUT2D eigenvalue weighted by Crippen LogP contribution is 2.37. The van der Waals surface area contributed by atoms with Crippen molar-refractivity contribution < 1.29 is 9.75 Å². The molecule has 4 aliphatic heterocycles. The van der Waals surface area contributed by atoms with Gasteiger partial charge in [0.2, 0.25) is 0 Å². The van der Waals surface area contributed by atoms with Crippen LogP contribution in [0.1, 0.15) is 0 Å². The first-order chi connectivity index (χ1) is 5.66. The molecule has 4 heteroatoms. The van der Waals surface area contributed by atoms with E-state index in [1.807, 2.05) is 0 Å². The molecular weight excluding hydrogens is 156 g/mol. The van der Waals surface area contributed by atoms with Crippen LogP contribution < -0.4 is 0 Å². The first-order valence-electron chi connectivity index (χ1n) is 4.64. The monoisotopic (exact) mass is 170 g/mol. The van der Waals surface area contributed by atoms with Gasteiger partial charge in [-0.1, -0.05) is 0 Å². The average molecular weight is 170 g/mol. The highest BCUT2D eigenvalue weighted by Gasteiger charge is 2.51. The lowest BCUT2D eigenvalue weighted by molar-refractivity contribution is -0.919. The third-order valence-electron chi connectivity index (χ3n) is 3.54. The molecule has 0 saturated carbocycles. The Morgan fingerprint density at radius 1 is 1.25 bits per heavy atom. The molecule has 0 aromatic heterocycles. The molecule has 0 aromatic rings. The van der Waals surface area contributed by atoms with E-state index in [1.54, 1.807) is 0 Å². The molecule has 4 aliphatic rings. The maximum Gasteiger partial charge on any atom is 0.134 e. The van der Waals surface area contributed by atoms with Gasteiger partial charge in [-0.25, -0.2) is 0 Å². The fourth-order valence-electron chi connectivity index (χ4n) is 3.19. The minimum Gasteiger partial charge on any atom is -0.632 e. The molecule has 4 nitrogen and oxygen atoms in total. The number of quaternary nitrogens is 1. The number of aliphatic hydroxyl groups is 1. The molecule has 4 fully saturated rings. The predicted octanol–water partition coefficient (Wildman–Crippen LogP) is -0.805. The topological polar surface area (TPSA) is 46.5 Å². The second kappa shape index (κ2) is 2.01. The van der Waals surface area contributed by atoms with Crippen molar-refractivity contribution in [1.82, 2.24) is 4.90 Å². The Balaban J connectivity index is 1.95. The summed E-state index contributed by atoms with van der Waals surface area (Å²) in [5, 5.41) is 21.7. The Hall–Kier alpha value is -0.160. The second-order valence-electron chi connectivity index (χ2n) is 4.61. The summed E-state index contributed by atoms with van der Waals surface area (Å²) in [6, 6.07) is 0. The summed E-state index contributed by atoms with van der Waals surface area (Å²) < 4.78 is -0.0631. The fraction of sp³-hybridized carbons (Fsp3) is 1.00. The molecule has 12 heavy (non-hydrogen) atoms. The second-order valence-corrected chi connectivity index (χ2v) is 4.61. The lowest BCUT2D eigenvalue weighted by Gasteiger charge is -2.62. The van der Waals surface area contributed by atoms with Crippen LogP contribution in [0.4, 0.5) is 0 Å². The maximum absolute atomic E-state index is 11.9. The summed E-state index contributed by atoms with van der Waals surface area (Å²) in [6.45, 7) is 3.85. The first-order valence-corrected chi connectivity index (χ1v) is 4.64. The van der Waals surface area contributed by atoms with E-state index in [4.69, 9.17) is 0 Å². The van der Waals surface area contributed by atoms with Crippen LogP contribution >= 0.6 is 0 Å². The Kier molecular flexibility index (Phi) is 1.22. The normalized spacial score (nSPS) is 62.5. The molecule has 0 radical (unpaired) electrons. The van der Waals surface area contributed by atoms with Crippen molar-refractivity contribution in [2.24, 2.45) is 11.8 Å². The summed E-state index contributed by atoms with van der Waals surface area (Å²) in [5.74, 6) is 0.507. The van der Waals surface area contributed by atoms with Crippen LogP contribution in [-0.4, -0.2) is 53.6 Å². The Labute approximate surface area is 71.5 Å². The number of hydrogen-bond donors (Lipinski definition) is 1. The van der Waals surface area contributed by atoms with Gasteiger partial charge in [0.1, 0.15) is 6.67 Å². The molecule has 4 rings (SSSR count). The molecule has 68 valence electrons. The molecule has 2 atom stereocenters. The Morgan fingerprint density at radius 3 is 2.33 bits per heavy atom.